The standard InChI is InChI=1S/C21H25F3N4O2S/c1-14(2)18(26-19(29)16-5-3-12-31-16)20(30)28-9-4-8-27(10-11-28)17-7-6-15(13-25-17)21(22,23)24/h3,5-7,12-14,18H,4,8-11H2,1-2H3,(H,26,29). The lowest BCUT2D eigenvalue weighted by atomic mass is 10.0. The molecular formula is C21H25F3N4O2S. The number of nitrogens with zero attached hydrogens (tertiary/aromatic N) is 3. The Morgan fingerprint density at radius 3 is 2.48 bits per heavy atom. The highest BCUT2D eigenvalue weighted by molar-refractivity contribution is 7.12. The van der Waals surface area contributed by atoms with Gasteiger partial charge in [0.05, 0.1) is 10.4 Å². The molecule has 1 unspecified atom stereocenters. The third-order valence-corrected chi connectivity index (χ3v) is 6.04. The Morgan fingerprint density at radius 2 is 1.90 bits per heavy atom. The molecule has 1 saturated heterocycles. The van der Waals surface area contributed by atoms with Gasteiger partial charge in [-0.05, 0) is 35.9 Å². The Balaban J connectivity index is 1.64. The van der Waals surface area contributed by atoms with Crippen LogP contribution in [-0.4, -0.2) is 53.9 Å². The molecule has 0 radical (unpaired) electrons. The van der Waals surface area contributed by atoms with E-state index in [-0.39, 0.29) is 17.7 Å². The summed E-state index contributed by atoms with van der Waals surface area (Å²) in [5.74, 6) is -0.0596. The number of alkyl halides is 3. The molecule has 0 bridgehead atoms. The van der Waals surface area contributed by atoms with Crippen LogP contribution in [0, 0.1) is 5.92 Å². The molecule has 0 aliphatic carbocycles. The Hall–Kier alpha value is -2.62. The summed E-state index contributed by atoms with van der Waals surface area (Å²) < 4.78 is 38.3. The zero-order valence-corrected chi connectivity index (χ0v) is 18.2. The summed E-state index contributed by atoms with van der Waals surface area (Å²) in [5.41, 5.74) is -0.788. The van der Waals surface area contributed by atoms with Crippen molar-refractivity contribution in [1.82, 2.24) is 15.2 Å². The molecule has 6 nitrogen and oxygen atoms in total. The molecule has 3 rings (SSSR count). The van der Waals surface area contributed by atoms with Crippen LogP contribution in [0.1, 0.15) is 35.5 Å². The lowest BCUT2D eigenvalue weighted by Crippen LogP contribution is -2.52. The number of hydrogen-bond acceptors (Lipinski definition) is 5. The minimum Gasteiger partial charge on any atom is -0.355 e. The van der Waals surface area contributed by atoms with E-state index in [2.05, 4.69) is 10.3 Å². The maximum atomic E-state index is 13.2. The van der Waals surface area contributed by atoms with Crippen molar-refractivity contribution in [1.29, 1.82) is 0 Å². The van der Waals surface area contributed by atoms with Gasteiger partial charge in [-0.2, -0.15) is 13.2 Å². The molecule has 10 heteroatoms. The zero-order valence-electron chi connectivity index (χ0n) is 17.4. The van der Waals surface area contributed by atoms with Gasteiger partial charge < -0.3 is 15.1 Å². The fraction of sp³-hybridized carbons (Fsp3) is 0.476. The highest BCUT2D eigenvalue weighted by Gasteiger charge is 2.32. The first kappa shape index (κ1) is 23.1. The largest absolute Gasteiger partial charge is 0.417 e. The van der Waals surface area contributed by atoms with Crippen LogP contribution in [-0.2, 0) is 11.0 Å². The minimum atomic E-state index is -4.42. The lowest BCUT2D eigenvalue weighted by molar-refractivity contribution is -0.138. The van der Waals surface area contributed by atoms with Crippen molar-refractivity contribution in [3.63, 3.8) is 0 Å². The van der Waals surface area contributed by atoms with Gasteiger partial charge in [-0.15, -0.1) is 11.3 Å². The highest BCUT2D eigenvalue weighted by Crippen LogP contribution is 2.29. The van der Waals surface area contributed by atoms with Gasteiger partial charge in [-0.3, -0.25) is 9.59 Å². The summed E-state index contributed by atoms with van der Waals surface area (Å²) in [6, 6.07) is 5.22. The molecule has 1 aliphatic heterocycles. The molecule has 0 spiro atoms. The van der Waals surface area contributed by atoms with Crippen molar-refractivity contribution in [2.24, 2.45) is 5.92 Å². The van der Waals surface area contributed by atoms with E-state index in [1.807, 2.05) is 18.7 Å². The molecule has 2 aromatic rings. The van der Waals surface area contributed by atoms with E-state index in [1.165, 1.54) is 17.4 Å². The van der Waals surface area contributed by atoms with E-state index in [1.54, 1.807) is 22.4 Å². The van der Waals surface area contributed by atoms with Gasteiger partial charge in [0.15, 0.2) is 0 Å². The molecule has 3 heterocycles. The second-order valence-corrected chi connectivity index (χ2v) is 8.69. The van der Waals surface area contributed by atoms with E-state index < -0.39 is 17.8 Å². The maximum Gasteiger partial charge on any atom is 0.417 e. The van der Waals surface area contributed by atoms with Gasteiger partial charge in [0.25, 0.3) is 5.91 Å². The molecule has 0 aromatic carbocycles. The molecule has 168 valence electrons. The van der Waals surface area contributed by atoms with E-state index in [0.717, 1.165) is 12.3 Å². The average Bonchev–Trinajstić information content (AvgIpc) is 3.15. The monoisotopic (exact) mass is 454 g/mol. The Morgan fingerprint density at radius 1 is 1.13 bits per heavy atom. The third-order valence-electron chi connectivity index (χ3n) is 5.17. The van der Waals surface area contributed by atoms with Crippen LogP contribution < -0.4 is 10.2 Å². The van der Waals surface area contributed by atoms with Crippen LogP contribution in [0.25, 0.3) is 0 Å². The molecule has 1 atom stereocenters. The highest BCUT2D eigenvalue weighted by atomic mass is 32.1. The van der Waals surface area contributed by atoms with Gasteiger partial charge in [0.2, 0.25) is 5.91 Å². The Bertz CT molecular complexity index is 885. The van der Waals surface area contributed by atoms with Crippen molar-refractivity contribution in [2.75, 3.05) is 31.1 Å². The maximum absolute atomic E-state index is 13.2. The molecule has 1 N–H and O–H groups in total. The normalized spacial score (nSPS) is 16.2. The van der Waals surface area contributed by atoms with Gasteiger partial charge in [-0.25, -0.2) is 4.98 Å². The smallest absolute Gasteiger partial charge is 0.355 e. The number of carbonyl (C=O) groups is 2. The van der Waals surface area contributed by atoms with Crippen molar-refractivity contribution < 1.29 is 22.8 Å². The van der Waals surface area contributed by atoms with Gasteiger partial charge >= 0.3 is 6.18 Å². The number of carbonyl (C=O) groups excluding carboxylic acids is 2. The van der Waals surface area contributed by atoms with Crippen molar-refractivity contribution in [3.8, 4) is 0 Å². The van der Waals surface area contributed by atoms with E-state index in [9.17, 15) is 22.8 Å². The topological polar surface area (TPSA) is 65.5 Å². The van der Waals surface area contributed by atoms with Crippen LogP contribution in [0.4, 0.5) is 19.0 Å². The SMILES string of the molecule is CC(C)C(NC(=O)c1cccs1)C(=O)N1CCCN(c2ccc(C(F)(F)F)cn2)CC1. The molecule has 1 fully saturated rings. The Kier molecular flexibility index (Phi) is 7.19. The number of rotatable bonds is 5. The minimum absolute atomic E-state index is 0.0904. The fourth-order valence-electron chi connectivity index (χ4n) is 3.44. The first-order valence-electron chi connectivity index (χ1n) is 10.1. The summed E-state index contributed by atoms with van der Waals surface area (Å²) in [5, 5.41) is 4.65. The van der Waals surface area contributed by atoms with Crippen molar-refractivity contribution in [2.45, 2.75) is 32.5 Å². The first-order valence-corrected chi connectivity index (χ1v) is 11.0. The first-order chi connectivity index (χ1) is 14.7. The number of nitrogens with one attached hydrogen (secondary N) is 1. The summed E-state index contributed by atoms with van der Waals surface area (Å²) >= 11 is 1.31. The number of aromatic nitrogens is 1. The van der Waals surface area contributed by atoms with E-state index in [4.69, 9.17) is 0 Å². The molecule has 2 aromatic heterocycles. The lowest BCUT2D eigenvalue weighted by Gasteiger charge is -2.29. The van der Waals surface area contributed by atoms with Crippen LogP contribution in [0.5, 0.6) is 0 Å². The molecule has 31 heavy (non-hydrogen) atoms. The number of halogens is 3. The van der Waals surface area contributed by atoms with Gasteiger partial charge in [-0.1, -0.05) is 19.9 Å². The van der Waals surface area contributed by atoms with Gasteiger partial charge in [0.1, 0.15) is 11.9 Å². The van der Waals surface area contributed by atoms with Gasteiger partial charge in [0, 0.05) is 32.4 Å². The van der Waals surface area contributed by atoms with Crippen LogP contribution in [0.2, 0.25) is 0 Å². The third kappa shape index (κ3) is 5.75. The number of anilines is 1. The molecular weight excluding hydrogens is 429 g/mol. The number of amides is 2. The van der Waals surface area contributed by atoms with E-state index >= 15 is 0 Å². The van der Waals surface area contributed by atoms with Crippen LogP contribution >= 0.6 is 11.3 Å². The predicted molar refractivity (Wildman–Crippen MR) is 113 cm³/mol. The summed E-state index contributed by atoms with van der Waals surface area (Å²) in [6.07, 6.45) is -2.94. The molecule has 1 aliphatic rings. The quantitative estimate of drug-likeness (QED) is 0.749. The predicted octanol–water partition coefficient (Wildman–Crippen LogP) is 3.66. The number of hydrogen-bond donors (Lipinski definition) is 1. The molecule has 2 amide bonds. The second-order valence-electron chi connectivity index (χ2n) is 7.74. The summed E-state index contributed by atoms with van der Waals surface area (Å²) in [6.45, 7) is 5.71. The summed E-state index contributed by atoms with van der Waals surface area (Å²) in [4.78, 5) is 33.7. The van der Waals surface area contributed by atoms with Crippen molar-refractivity contribution in [3.05, 3.63) is 46.3 Å². The van der Waals surface area contributed by atoms with Crippen LogP contribution in [0.15, 0.2) is 35.8 Å². The Labute approximate surface area is 183 Å². The average molecular weight is 455 g/mol. The zero-order chi connectivity index (χ0) is 22.6. The second kappa shape index (κ2) is 9.67. The van der Waals surface area contributed by atoms with Crippen LogP contribution in [0.3, 0.4) is 0 Å². The summed E-state index contributed by atoms with van der Waals surface area (Å²) in [7, 11) is 0. The fourth-order valence-corrected chi connectivity index (χ4v) is 4.06. The van der Waals surface area contributed by atoms with Crippen molar-refractivity contribution >= 4 is 29.0 Å². The van der Waals surface area contributed by atoms with E-state index in [0.29, 0.717) is 43.3 Å². The molecule has 0 saturated carbocycles. The number of pyridine rings is 1. The number of thiophene rings is 1.